The van der Waals surface area contributed by atoms with Crippen LogP contribution in [-0.2, 0) is 9.59 Å². The Morgan fingerprint density at radius 1 is 0.971 bits per heavy atom. The first-order chi connectivity index (χ1) is 16.4. The maximum absolute atomic E-state index is 13.8. The molecule has 0 saturated carbocycles. The average molecular weight is 589 g/mol. The van der Waals surface area contributed by atoms with Crippen LogP contribution in [0.3, 0.4) is 0 Å². The molecule has 192 valence electrons. The molecular formula is C24H25Cl5F2N2O2. The predicted octanol–water partition coefficient (Wildman–Crippen LogP) is 8.47. The van der Waals surface area contributed by atoms with Gasteiger partial charge in [-0.15, -0.1) is 23.2 Å². The number of carbonyl (C=O) groups is 2. The molecule has 0 bridgehead atoms. The van der Waals surface area contributed by atoms with Gasteiger partial charge in [-0.2, -0.15) is 0 Å². The van der Waals surface area contributed by atoms with Gasteiger partial charge in [-0.1, -0.05) is 48.7 Å². The summed E-state index contributed by atoms with van der Waals surface area (Å²) < 4.78 is 27.6. The molecule has 0 aromatic heterocycles. The third-order valence-corrected chi connectivity index (χ3v) is 7.09. The lowest BCUT2D eigenvalue weighted by Crippen LogP contribution is -2.31. The molecule has 2 amide bonds. The fraction of sp³-hybridized carbons (Fsp3) is 0.417. The zero-order valence-corrected chi connectivity index (χ0v) is 22.8. The number of anilines is 2. The van der Waals surface area contributed by atoms with E-state index in [2.05, 4.69) is 10.6 Å². The number of halogens is 7. The molecule has 0 aliphatic heterocycles. The van der Waals surface area contributed by atoms with Gasteiger partial charge in [-0.25, -0.2) is 8.78 Å². The van der Waals surface area contributed by atoms with Crippen LogP contribution in [0.2, 0.25) is 15.1 Å². The minimum absolute atomic E-state index is 0.0337. The van der Waals surface area contributed by atoms with E-state index in [9.17, 15) is 18.4 Å². The van der Waals surface area contributed by atoms with Crippen molar-refractivity contribution in [2.45, 2.75) is 38.5 Å². The second kappa shape index (κ2) is 13.3. The van der Waals surface area contributed by atoms with Crippen molar-refractivity contribution in [1.82, 2.24) is 0 Å². The van der Waals surface area contributed by atoms with Gasteiger partial charge in [0.1, 0.15) is 0 Å². The van der Waals surface area contributed by atoms with E-state index in [1.54, 1.807) is 24.3 Å². The summed E-state index contributed by atoms with van der Waals surface area (Å²) >= 11 is 30.7. The number of nitrogens with one attached hydrogen (secondary N) is 2. The molecule has 2 N–H and O–H groups in total. The summed E-state index contributed by atoms with van der Waals surface area (Å²) in [5.74, 6) is -6.29. The molecular weight excluding hydrogens is 564 g/mol. The molecule has 2 aromatic rings. The molecule has 35 heavy (non-hydrogen) atoms. The van der Waals surface area contributed by atoms with Crippen molar-refractivity contribution < 1.29 is 18.4 Å². The van der Waals surface area contributed by atoms with Gasteiger partial charge in [0.2, 0.25) is 11.8 Å². The van der Waals surface area contributed by atoms with Crippen LogP contribution in [0.1, 0.15) is 38.2 Å². The molecule has 11 heteroatoms. The standard InChI is InChI=1S/C24H25Cl5F2N2O2/c1-3-24(30,31)13(2)6-22(34)33-21-10-17(4-5-20(21)29)32-23(35)19(12-26)18(11-25)14-7-15(27)9-16(28)8-14/h4-5,7-10,13,18-19H,3,6,11-12H2,1-2H3,(H,32,35)(H,33,34). The summed E-state index contributed by atoms with van der Waals surface area (Å²) in [5, 5.41) is 6.27. The second-order valence-electron chi connectivity index (χ2n) is 8.18. The molecule has 3 unspecified atom stereocenters. The van der Waals surface area contributed by atoms with Gasteiger partial charge >= 0.3 is 0 Å². The van der Waals surface area contributed by atoms with Gasteiger partial charge in [0, 0.05) is 52.2 Å². The number of benzene rings is 2. The van der Waals surface area contributed by atoms with Gasteiger partial charge in [0.05, 0.1) is 16.6 Å². The van der Waals surface area contributed by atoms with Crippen molar-refractivity contribution in [3.05, 3.63) is 57.0 Å². The van der Waals surface area contributed by atoms with Crippen molar-refractivity contribution in [3.63, 3.8) is 0 Å². The molecule has 0 radical (unpaired) electrons. The van der Waals surface area contributed by atoms with Crippen molar-refractivity contribution in [2.75, 3.05) is 22.4 Å². The van der Waals surface area contributed by atoms with Crippen LogP contribution in [0.5, 0.6) is 0 Å². The lowest BCUT2D eigenvalue weighted by atomic mass is 9.88. The minimum atomic E-state index is -2.96. The Bertz CT molecular complexity index is 1030. The van der Waals surface area contributed by atoms with E-state index in [1.165, 1.54) is 26.0 Å². The number of carbonyl (C=O) groups excluding carboxylic acids is 2. The number of alkyl halides is 4. The van der Waals surface area contributed by atoms with Gasteiger partial charge in [0.15, 0.2) is 0 Å². The Labute approximate surface area is 228 Å². The third kappa shape index (κ3) is 8.36. The molecule has 0 saturated heterocycles. The maximum atomic E-state index is 13.8. The fourth-order valence-corrected chi connectivity index (χ4v) is 4.95. The van der Waals surface area contributed by atoms with E-state index in [1.807, 2.05) is 0 Å². The molecule has 0 aliphatic carbocycles. The van der Waals surface area contributed by atoms with E-state index < -0.39 is 35.5 Å². The summed E-state index contributed by atoms with van der Waals surface area (Å²) in [6, 6.07) is 9.38. The summed E-state index contributed by atoms with van der Waals surface area (Å²) in [6.07, 6.45) is -0.752. The highest BCUT2D eigenvalue weighted by Crippen LogP contribution is 2.34. The number of rotatable bonds is 11. The molecule has 0 aliphatic rings. The molecule has 3 atom stereocenters. The largest absolute Gasteiger partial charge is 0.326 e. The van der Waals surface area contributed by atoms with E-state index in [-0.39, 0.29) is 35.3 Å². The van der Waals surface area contributed by atoms with E-state index in [4.69, 9.17) is 58.0 Å². The van der Waals surface area contributed by atoms with E-state index >= 15 is 0 Å². The lowest BCUT2D eigenvalue weighted by Gasteiger charge is -2.24. The normalized spacial score (nSPS) is 14.2. The smallest absolute Gasteiger partial charge is 0.250 e. The molecule has 0 heterocycles. The van der Waals surface area contributed by atoms with Crippen molar-refractivity contribution >= 4 is 81.2 Å². The summed E-state index contributed by atoms with van der Waals surface area (Å²) in [6.45, 7) is 2.68. The zero-order valence-electron chi connectivity index (χ0n) is 19.0. The Balaban J connectivity index is 2.17. The molecule has 0 spiro atoms. The number of amides is 2. The highest BCUT2D eigenvalue weighted by molar-refractivity contribution is 6.35. The van der Waals surface area contributed by atoms with E-state index in [0.717, 1.165) is 0 Å². The van der Waals surface area contributed by atoms with Crippen molar-refractivity contribution in [2.24, 2.45) is 11.8 Å². The van der Waals surface area contributed by atoms with Gasteiger partial charge in [-0.05, 0) is 42.0 Å². The van der Waals surface area contributed by atoms with Crippen LogP contribution in [0, 0.1) is 11.8 Å². The van der Waals surface area contributed by atoms with Crippen LogP contribution in [0.4, 0.5) is 20.2 Å². The molecule has 2 aromatic carbocycles. The quantitative estimate of drug-likeness (QED) is 0.259. The molecule has 2 rings (SSSR count). The first kappa shape index (κ1) is 29.9. The van der Waals surface area contributed by atoms with Crippen molar-refractivity contribution in [3.8, 4) is 0 Å². The second-order valence-corrected chi connectivity index (χ2v) is 10.1. The highest BCUT2D eigenvalue weighted by Gasteiger charge is 2.35. The Kier molecular flexibility index (Phi) is 11.4. The van der Waals surface area contributed by atoms with E-state index in [0.29, 0.717) is 21.3 Å². The maximum Gasteiger partial charge on any atom is 0.250 e. The molecule has 4 nitrogen and oxygen atoms in total. The number of hydrogen-bond donors (Lipinski definition) is 2. The highest BCUT2D eigenvalue weighted by atomic mass is 35.5. The topological polar surface area (TPSA) is 58.2 Å². The van der Waals surface area contributed by atoms with Gasteiger partial charge in [-0.3, -0.25) is 9.59 Å². The average Bonchev–Trinajstić information content (AvgIpc) is 2.78. The van der Waals surface area contributed by atoms with Crippen LogP contribution in [0.15, 0.2) is 36.4 Å². The van der Waals surface area contributed by atoms with Crippen LogP contribution in [0.25, 0.3) is 0 Å². The first-order valence-corrected chi connectivity index (χ1v) is 13.0. The van der Waals surface area contributed by atoms with Gasteiger partial charge in [0.25, 0.3) is 5.92 Å². The lowest BCUT2D eigenvalue weighted by molar-refractivity contribution is -0.122. The van der Waals surface area contributed by atoms with Crippen LogP contribution >= 0.6 is 58.0 Å². The molecule has 0 fully saturated rings. The summed E-state index contributed by atoms with van der Waals surface area (Å²) in [7, 11) is 0. The van der Waals surface area contributed by atoms with Gasteiger partial charge < -0.3 is 10.6 Å². The minimum Gasteiger partial charge on any atom is -0.326 e. The SMILES string of the molecule is CCC(F)(F)C(C)CC(=O)Nc1cc(NC(=O)C(CCl)C(CCl)c2cc(Cl)cc(Cl)c2)ccc1Cl. The Hall–Kier alpha value is -1.31. The Morgan fingerprint density at radius 3 is 2.14 bits per heavy atom. The fourth-order valence-electron chi connectivity index (χ4n) is 3.49. The Morgan fingerprint density at radius 2 is 1.60 bits per heavy atom. The zero-order chi connectivity index (χ0) is 26.3. The van der Waals surface area contributed by atoms with Crippen LogP contribution < -0.4 is 10.6 Å². The summed E-state index contributed by atoms with van der Waals surface area (Å²) in [4.78, 5) is 25.4. The monoisotopic (exact) mass is 586 g/mol. The number of hydrogen-bond acceptors (Lipinski definition) is 2. The third-order valence-electron chi connectivity index (χ3n) is 5.66. The predicted molar refractivity (Wildman–Crippen MR) is 142 cm³/mol. The van der Waals surface area contributed by atoms with Crippen LogP contribution in [-0.4, -0.2) is 29.5 Å². The summed E-state index contributed by atoms with van der Waals surface area (Å²) in [5.41, 5.74) is 1.17. The van der Waals surface area contributed by atoms with Crippen molar-refractivity contribution in [1.29, 1.82) is 0 Å². The first-order valence-electron chi connectivity index (χ1n) is 10.8.